The van der Waals surface area contributed by atoms with Gasteiger partial charge in [0.05, 0.1) is 16.1 Å². The molecule has 0 aliphatic carbocycles. The van der Waals surface area contributed by atoms with E-state index in [0.29, 0.717) is 6.42 Å². The van der Waals surface area contributed by atoms with E-state index in [-0.39, 0.29) is 14.9 Å². The number of carbonyl (C=O) groups is 1. The lowest BCUT2D eigenvalue weighted by Crippen LogP contribution is -2.45. The largest absolute Gasteiger partial charge is 0.298 e. The number of sulfonamides is 1. The second-order valence-electron chi connectivity index (χ2n) is 4.79. The molecule has 0 aromatic heterocycles. The minimum atomic E-state index is -4.11. The Morgan fingerprint density at radius 3 is 2.24 bits per heavy atom. The third kappa shape index (κ3) is 4.57. The summed E-state index contributed by atoms with van der Waals surface area (Å²) in [7, 11) is -0.673. The van der Waals surface area contributed by atoms with Crippen LogP contribution in [0, 0.1) is 0 Å². The molecule has 1 amide bonds. The second kappa shape index (κ2) is 7.45. The summed E-state index contributed by atoms with van der Waals surface area (Å²) in [6.07, 6.45) is 1.30. The van der Waals surface area contributed by atoms with Gasteiger partial charge in [-0.25, -0.2) is 13.1 Å². The predicted octanol–water partition coefficient (Wildman–Crippen LogP) is 2.53. The van der Waals surface area contributed by atoms with E-state index >= 15 is 0 Å². The Morgan fingerprint density at radius 1 is 1.29 bits per heavy atom. The maximum Gasteiger partial charge on any atom is 0.267 e. The topological polar surface area (TPSA) is 66.5 Å². The monoisotopic (exact) mass is 352 g/mol. The summed E-state index contributed by atoms with van der Waals surface area (Å²) in [6.45, 7) is 1.92. The first-order valence-electron chi connectivity index (χ1n) is 6.37. The van der Waals surface area contributed by atoms with Crippen LogP contribution in [0.5, 0.6) is 0 Å². The van der Waals surface area contributed by atoms with Crippen LogP contribution in [0.15, 0.2) is 23.1 Å². The fourth-order valence-corrected chi connectivity index (χ4v) is 4.05. The zero-order chi connectivity index (χ0) is 16.2. The molecule has 0 aliphatic heterocycles. The van der Waals surface area contributed by atoms with Gasteiger partial charge in [-0.05, 0) is 32.6 Å². The van der Waals surface area contributed by atoms with Gasteiger partial charge in [0.15, 0.2) is 0 Å². The Hall–Kier alpha value is -0.820. The number of benzene rings is 1. The van der Waals surface area contributed by atoms with Crippen LogP contribution in [0.25, 0.3) is 0 Å². The van der Waals surface area contributed by atoms with Gasteiger partial charge in [-0.1, -0.05) is 42.6 Å². The Labute approximate surface area is 135 Å². The molecule has 0 saturated heterocycles. The number of hydrogen-bond donors (Lipinski definition) is 1. The highest BCUT2D eigenvalue weighted by molar-refractivity contribution is 7.90. The molecule has 0 bridgehead atoms. The van der Waals surface area contributed by atoms with Crippen molar-refractivity contribution in [3.63, 3.8) is 0 Å². The average Bonchev–Trinajstić information content (AvgIpc) is 2.34. The van der Waals surface area contributed by atoms with Gasteiger partial charge in [-0.2, -0.15) is 0 Å². The van der Waals surface area contributed by atoms with E-state index in [1.165, 1.54) is 18.2 Å². The van der Waals surface area contributed by atoms with Gasteiger partial charge in [-0.3, -0.25) is 9.69 Å². The predicted molar refractivity (Wildman–Crippen MR) is 84.2 cm³/mol. The highest BCUT2D eigenvalue weighted by Crippen LogP contribution is 2.28. The van der Waals surface area contributed by atoms with Gasteiger partial charge < -0.3 is 0 Å². The smallest absolute Gasteiger partial charge is 0.267 e. The van der Waals surface area contributed by atoms with E-state index < -0.39 is 22.0 Å². The van der Waals surface area contributed by atoms with Crippen LogP contribution in [0.1, 0.15) is 19.8 Å². The fraction of sp³-hybridized carbons (Fsp3) is 0.462. The average molecular weight is 353 g/mol. The summed E-state index contributed by atoms with van der Waals surface area (Å²) in [6, 6.07) is 3.81. The first kappa shape index (κ1) is 18.2. The van der Waals surface area contributed by atoms with Gasteiger partial charge in [0, 0.05) is 0 Å². The van der Waals surface area contributed by atoms with Crippen molar-refractivity contribution >= 4 is 39.1 Å². The third-order valence-corrected chi connectivity index (χ3v) is 5.21. The zero-order valence-electron chi connectivity index (χ0n) is 12.1. The van der Waals surface area contributed by atoms with E-state index in [9.17, 15) is 13.2 Å². The normalized spacial score (nSPS) is 13.2. The summed E-state index contributed by atoms with van der Waals surface area (Å²) in [4.78, 5) is 13.6. The van der Waals surface area contributed by atoms with Crippen LogP contribution in [0.4, 0.5) is 0 Å². The van der Waals surface area contributed by atoms with E-state index in [4.69, 9.17) is 23.2 Å². The van der Waals surface area contributed by atoms with Crippen molar-refractivity contribution in [2.75, 3.05) is 14.1 Å². The van der Waals surface area contributed by atoms with Crippen molar-refractivity contribution in [1.29, 1.82) is 0 Å². The molecule has 1 rings (SSSR count). The molecule has 0 aliphatic rings. The van der Waals surface area contributed by atoms with Gasteiger partial charge >= 0.3 is 0 Å². The highest BCUT2D eigenvalue weighted by Gasteiger charge is 2.28. The molecule has 0 saturated carbocycles. The molecule has 0 spiro atoms. The lowest BCUT2D eigenvalue weighted by atomic mass is 10.1. The Bertz CT molecular complexity index is 598. The Kier molecular flexibility index (Phi) is 6.46. The molecule has 1 atom stereocenters. The number of amides is 1. The summed E-state index contributed by atoms with van der Waals surface area (Å²) < 4.78 is 26.6. The van der Waals surface area contributed by atoms with Crippen LogP contribution < -0.4 is 4.72 Å². The van der Waals surface area contributed by atoms with E-state index in [2.05, 4.69) is 0 Å². The van der Waals surface area contributed by atoms with Crippen LogP contribution in [-0.4, -0.2) is 39.4 Å². The number of nitrogens with zero attached hydrogens (tertiary/aromatic N) is 1. The summed E-state index contributed by atoms with van der Waals surface area (Å²) in [5, 5.41) is -0.0561. The number of likely N-dealkylation sites (N-methyl/N-ethyl adjacent to an activating group) is 1. The van der Waals surface area contributed by atoms with Gasteiger partial charge in [0.25, 0.3) is 15.9 Å². The molecular formula is C13H18Cl2N2O3S. The van der Waals surface area contributed by atoms with Gasteiger partial charge in [0.1, 0.15) is 4.90 Å². The molecule has 1 N–H and O–H groups in total. The first-order chi connectivity index (χ1) is 9.70. The summed E-state index contributed by atoms with van der Waals surface area (Å²) in [5.41, 5.74) is 0. The molecular weight excluding hydrogens is 335 g/mol. The lowest BCUT2D eigenvalue weighted by molar-refractivity contribution is -0.123. The molecule has 0 heterocycles. The second-order valence-corrected chi connectivity index (χ2v) is 7.22. The molecule has 8 heteroatoms. The fourth-order valence-electron chi connectivity index (χ4n) is 1.89. The first-order valence-corrected chi connectivity index (χ1v) is 8.61. The van der Waals surface area contributed by atoms with Gasteiger partial charge in [0.2, 0.25) is 0 Å². The van der Waals surface area contributed by atoms with Gasteiger partial charge in [-0.15, -0.1) is 0 Å². The standard InChI is InChI=1S/C13H18Cl2N2O3S/c1-4-6-11(17(2)3)13(18)16-21(19,20)12-9(14)7-5-8-10(12)15/h5,7-8,11H,4,6H2,1-3H3,(H,16,18)/t11-/m0/s1. The van der Waals surface area contributed by atoms with Crippen LogP contribution >= 0.6 is 23.2 Å². The van der Waals surface area contributed by atoms with E-state index in [1.54, 1.807) is 19.0 Å². The molecule has 1 aromatic rings. The summed E-state index contributed by atoms with van der Waals surface area (Å²) >= 11 is 11.8. The number of halogens is 2. The van der Waals surface area contributed by atoms with Crippen molar-refractivity contribution in [2.24, 2.45) is 0 Å². The third-order valence-electron chi connectivity index (χ3n) is 2.91. The molecule has 0 unspecified atom stereocenters. The maximum absolute atomic E-state index is 12.3. The number of nitrogens with one attached hydrogen (secondary N) is 1. The molecule has 0 fully saturated rings. The minimum absolute atomic E-state index is 0.0281. The summed E-state index contributed by atoms with van der Waals surface area (Å²) in [5.74, 6) is -0.599. The zero-order valence-corrected chi connectivity index (χ0v) is 14.4. The highest BCUT2D eigenvalue weighted by atomic mass is 35.5. The number of hydrogen-bond acceptors (Lipinski definition) is 4. The van der Waals surface area contributed by atoms with Crippen molar-refractivity contribution in [3.8, 4) is 0 Å². The molecule has 118 valence electrons. The number of rotatable bonds is 6. The Morgan fingerprint density at radius 2 is 1.81 bits per heavy atom. The molecule has 21 heavy (non-hydrogen) atoms. The van der Waals surface area contributed by atoms with Crippen molar-refractivity contribution < 1.29 is 13.2 Å². The minimum Gasteiger partial charge on any atom is -0.298 e. The molecule has 5 nitrogen and oxygen atoms in total. The van der Waals surface area contributed by atoms with Crippen molar-refractivity contribution in [2.45, 2.75) is 30.7 Å². The SMILES string of the molecule is CCC[C@@H](C(=O)NS(=O)(=O)c1c(Cl)cccc1Cl)N(C)C. The quantitative estimate of drug-likeness (QED) is 0.854. The molecule has 1 aromatic carbocycles. The number of carbonyl (C=O) groups excluding carboxylic acids is 1. The maximum atomic E-state index is 12.3. The Balaban J connectivity index is 3.08. The van der Waals surface area contributed by atoms with Crippen LogP contribution in [0.3, 0.4) is 0 Å². The molecule has 0 radical (unpaired) electrons. The van der Waals surface area contributed by atoms with Crippen molar-refractivity contribution in [1.82, 2.24) is 9.62 Å². The van der Waals surface area contributed by atoms with Crippen LogP contribution in [0.2, 0.25) is 10.0 Å². The van der Waals surface area contributed by atoms with E-state index in [0.717, 1.165) is 6.42 Å². The van der Waals surface area contributed by atoms with Crippen LogP contribution in [-0.2, 0) is 14.8 Å². The lowest BCUT2D eigenvalue weighted by Gasteiger charge is -2.23. The van der Waals surface area contributed by atoms with E-state index in [1.807, 2.05) is 11.6 Å². The van der Waals surface area contributed by atoms with Crippen molar-refractivity contribution in [3.05, 3.63) is 28.2 Å².